The van der Waals surface area contributed by atoms with Crippen LogP contribution in [0.15, 0.2) is 18.2 Å². The fourth-order valence-corrected chi connectivity index (χ4v) is 2.02. The maximum absolute atomic E-state index is 12.0. The Labute approximate surface area is 108 Å². The van der Waals surface area contributed by atoms with Gasteiger partial charge in [0.2, 0.25) is 0 Å². The van der Waals surface area contributed by atoms with E-state index in [9.17, 15) is 4.79 Å². The highest BCUT2D eigenvalue weighted by atomic mass is 35.5. The Morgan fingerprint density at radius 1 is 1.29 bits per heavy atom. The van der Waals surface area contributed by atoms with E-state index < -0.39 is 0 Å². The van der Waals surface area contributed by atoms with Crippen molar-refractivity contribution in [3.8, 4) is 0 Å². The van der Waals surface area contributed by atoms with Gasteiger partial charge in [0.1, 0.15) is 0 Å². The van der Waals surface area contributed by atoms with Gasteiger partial charge in [-0.15, -0.1) is 11.6 Å². The smallest absolute Gasteiger partial charge is 0.251 e. The first-order valence-electron chi connectivity index (χ1n) is 5.98. The van der Waals surface area contributed by atoms with Crippen molar-refractivity contribution in [1.82, 2.24) is 5.32 Å². The van der Waals surface area contributed by atoms with Crippen molar-refractivity contribution in [2.24, 2.45) is 0 Å². The molecule has 2 nitrogen and oxygen atoms in total. The van der Waals surface area contributed by atoms with Crippen molar-refractivity contribution in [1.29, 1.82) is 0 Å². The molecule has 1 N–H and O–H groups in total. The summed E-state index contributed by atoms with van der Waals surface area (Å²) < 4.78 is 0. The number of nitrogens with one attached hydrogen (secondary N) is 1. The van der Waals surface area contributed by atoms with Crippen molar-refractivity contribution >= 4 is 17.5 Å². The van der Waals surface area contributed by atoms with Crippen LogP contribution in [0.3, 0.4) is 0 Å². The van der Waals surface area contributed by atoms with Gasteiger partial charge in [-0.3, -0.25) is 4.79 Å². The molecule has 0 aliphatic carbocycles. The van der Waals surface area contributed by atoms with E-state index in [2.05, 4.69) is 11.4 Å². The van der Waals surface area contributed by atoms with E-state index in [-0.39, 0.29) is 11.9 Å². The molecule has 94 valence electrons. The normalized spacial score (nSPS) is 12.2. The molecule has 0 radical (unpaired) electrons. The van der Waals surface area contributed by atoms with Gasteiger partial charge in [-0.2, -0.15) is 0 Å². The Balaban J connectivity index is 2.63. The maximum atomic E-state index is 12.0. The second-order valence-corrected chi connectivity index (χ2v) is 4.96. The summed E-state index contributed by atoms with van der Waals surface area (Å²) in [5, 5.41) is 2.99. The molecule has 0 aliphatic rings. The van der Waals surface area contributed by atoms with E-state index in [0.29, 0.717) is 5.88 Å². The van der Waals surface area contributed by atoms with E-state index in [1.807, 2.05) is 32.9 Å². The summed E-state index contributed by atoms with van der Waals surface area (Å²) in [7, 11) is 0. The molecule has 1 aromatic rings. The first kappa shape index (κ1) is 14.0. The number of amides is 1. The van der Waals surface area contributed by atoms with Gasteiger partial charge < -0.3 is 5.32 Å². The molecule has 0 heterocycles. The topological polar surface area (TPSA) is 29.1 Å². The molecule has 3 heteroatoms. The van der Waals surface area contributed by atoms with Gasteiger partial charge in [-0.05, 0) is 45.7 Å². The summed E-state index contributed by atoms with van der Waals surface area (Å²) in [4.78, 5) is 12.0. The van der Waals surface area contributed by atoms with E-state index >= 15 is 0 Å². The van der Waals surface area contributed by atoms with E-state index in [1.54, 1.807) is 0 Å². The number of alkyl halides is 1. The predicted octanol–water partition coefficient (Wildman–Crippen LogP) is 3.44. The molecule has 0 aromatic heterocycles. The van der Waals surface area contributed by atoms with Crippen LogP contribution in [0.5, 0.6) is 0 Å². The van der Waals surface area contributed by atoms with Gasteiger partial charge in [0.15, 0.2) is 0 Å². The van der Waals surface area contributed by atoms with Crippen molar-refractivity contribution in [2.45, 2.75) is 39.7 Å². The molecule has 0 spiro atoms. The van der Waals surface area contributed by atoms with Crippen molar-refractivity contribution < 1.29 is 4.79 Å². The Morgan fingerprint density at radius 2 is 1.88 bits per heavy atom. The predicted molar refractivity (Wildman–Crippen MR) is 72.8 cm³/mol. The van der Waals surface area contributed by atoms with Crippen LogP contribution in [0.4, 0.5) is 0 Å². The molecule has 1 rings (SSSR count). The Morgan fingerprint density at radius 3 is 2.41 bits per heavy atom. The largest absolute Gasteiger partial charge is 0.350 e. The lowest BCUT2D eigenvalue weighted by Crippen LogP contribution is -2.32. The summed E-state index contributed by atoms with van der Waals surface area (Å²) in [5.41, 5.74) is 2.97. The van der Waals surface area contributed by atoms with Gasteiger partial charge in [-0.25, -0.2) is 0 Å². The molecular weight excluding hydrogens is 234 g/mol. The van der Waals surface area contributed by atoms with Crippen molar-refractivity contribution in [2.75, 3.05) is 5.88 Å². The summed E-state index contributed by atoms with van der Waals surface area (Å²) in [5.74, 6) is 0.642. The molecule has 1 amide bonds. The lowest BCUT2D eigenvalue weighted by atomic mass is 10.1. The molecule has 1 unspecified atom stereocenters. The third-order valence-corrected chi connectivity index (χ3v) is 2.90. The highest BCUT2D eigenvalue weighted by Gasteiger charge is 2.10. The van der Waals surface area contributed by atoms with Crippen LogP contribution >= 0.6 is 11.6 Å². The molecule has 0 aliphatic heterocycles. The molecule has 1 atom stereocenters. The fourth-order valence-electron chi connectivity index (χ4n) is 1.87. The summed E-state index contributed by atoms with van der Waals surface area (Å²) in [6, 6.07) is 6.06. The van der Waals surface area contributed by atoms with Crippen LogP contribution in [0.1, 0.15) is 41.3 Å². The van der Waals surface area contributed by atoms with Crippen molar-refractivity contribution in [3.05, 3.63) is 34.9 Å². The highest BCUT2D eigenvalue weighted by Crippen LogP contribution is 2.09. The number of halogens is 1. The van der Waals surface area contributed by atoms with E-state index in [4.69, 9.17) is 11.6 Å². The highest BCUT2D eigenvalue weighted by molar-refractivity contribution is 6.17. The summed E-state index contributed by atoms with van der Waals surface area (Å²) >= 11 is 5.63. The fraction of sp³-hybridized carbons (Fsp3) is 0.500. The number of carbonyl (C=O) groups is 1. The van der Waals surface area contributed by atoms with Gasteiger partial charge in [0.05, 0.1) is 0 Å². The molecular formula is C14H20ClNO. The van der Waals surface area contributed by atoms with Gasteiger partial charge in [-0.1, -0.05) is 17.2 Å². The lowest BCUT2D eigenvalue weighted by Gasteiger charge is -2.13. The minimum atomic E-state index is -0.00104. The zero-order chi connectivity index (χ0) is 12.8. The number of rotatable bonds is 5. The quantitative estimate of drug-likeness (QED) is 0.801. The summed E-state index contributed by atoms with van der Waals surface area (Å²) in [6.45, 7) is 6.01. The van der Waals surface area contributed by atoms with Gasteiger partial charge in [0, 0.05) is 17.5 Å². The number of hydrogen-bond donors (Lipinski definition) is 1. The molecule has 0 fully saturated rings. The van der Waals surface area contributed by atoms with Crippen LogP contribution in [-0.4, -0.2) is 17.8 Å². The second kappa shape index (κ2) is 6.65. The second-order valence-electron chi connectivity index (χ2n) is 4.58. The Hall–Kier alpha value is -1.02. The minimum absolute atomic E-state index is 0.00104. The Bertz CT molecular complexity index is 370. The standard InChI is InChI=1S/C14H20ClNO/c1-10-7-11(2)9-13(8-10)14(17)16-12(3)5-4-6-15/h7-9,12H,4-6H2,1-3H3,(H,16,17). The van der Waals surface area contributed by atoms with Crippen LogP contribution in [0, 0.1) is 13.8 Å². The van der Waals surface area contributed by atoms with Crippen LogP contribution < -0.4 is 5.32 Å². The van der Waals surface area contributed by atoms with Crippen LogP contribution in [0.25, 0.3) is 0 Å². The number of benzene rings is 1. The average Bonchev–Trinajstić information content (AvgIpc) is 2.25. The zero-order valence-electron chi connectivity index (χ0n) is 10.7. The number of aryl methyl sites for hydroxylation is 2. The third kappa shape index (κ3) is 4.78. The first-order valence-corrected chi connectivity index (χ1v) is 6.51. The SMILES string of the molecule is Cc1cc(C)cc(C(=O)NC(C)CCCCl)c1. The molecule has 17 heavy (non-hydrogen) atoms. The van der Waals surface area contributed by atoms with E-state index in [0.717, 1.165) is 29.5 Å². The first-order chi connectivity index (χ1) is 8.02. The summed E-state index contributed by atoms with van der Waals surface area (Å²) in [6.07, 6.45) is 1.84. The molecule has 0 saturated carbocycles. The number of hydrogen-bond acceptors (Lipinski definition) is 1. The third-order valence-electron chi connectivity index (χ3n) is 2.63. The molecule has 0 bridgehead atoms. The van der Waals surface area contributed by atoms with Crippen LogP contribution in [0.2, 0.25) is 0 Å². The lowest BCUT2D eigenvalue weighted by molar-refractivity contribution is 0.0938. The van der Waals surface area contributed by atoms with Crippen LogP contribution in [-0.2, 0) is 0 Å². The molecule has 1 aromatic carbocycles. The average molecular weight is 254 g/mol. The van der Waals surface area contributed by atoms with Crippen molar-refractivity contribution in [3.63, 3.8) is 0 Å². The zero-order valence-corrected chi connectivity index (χ0v) is 11.5. The minimum Gasteiger partial charge on any atom is -0.350 e. The van der Waals surface area contributed by atoms with Gasteiger partial charge in [0.25, 0.3) is 5.91 Å². The van der Waals surface area contributed by atoms with E-state index in [1.165, 1.54) is 0 Å². The molecule has 0 saturated heterocycles. The van der Waals surface area contributed by atoms with Gasteiger partial charge >= 0.3 is 0 Å². The maximum Gasteiger partial charge on any atom is 0.251 e. The monoisotopic (exact) mass is 253 g/mol. The number of carbonyl (C=O) groups excluding carboxylic acids is 1. The Kier molecular flexibility index (Phi) is 5.49.